The molecule has 0 spiro atoms. The first-order valence-electron chi connectivity index (χ1n) is 6.91. The smallest absolute Gasteiger partial charge is 0.125 e. The van der Waals surface area contributed by atoms with Gasteiger partial charge in [-0.15, -0.1) is 0 Å². The van der Waals surface area contributed by atoms with Crippen molar-refractivity contribution in [2.24, 2.45) is 0 Å². The molecule has 5 heteroatoms. The van der Waals surface area contributed by atoms with E-state index in [0.29, 0.717) is 0 Å². The molecule has 0 amide bonds. The van der Waals surface area contributed by atoms with Gasteiger partial charge >= 0.3 is 0 Å². The quantitative estimate of drug-likeness (QED) is 0.722. The molecule has 0 fully saturated rings. The van der Waals surface area contributed by atoms with Gasteiger partial charge in [-0.1, -0.05) is 28.9 Å². The number of methoxy groups -OCH3 is 1. The van der Waals surface area contributed by atoms with Crippen LogP contribution in [0.4, 0.5) is 0 Å². The Labute approximate surface area is 129 Å². The van der Waals surface area contributed by atoms with Crippen LogP contribution in [0.3, 0.4) is 0 Å². The number of hydrogen-bond donors (Lipinski definition) is 2. The second-order valence-electron chi connectivity index (χ2n) is 4.78. The molecular weight excluding hydrogens is 322 g/mol. The summed E-state index contributed by atoms with van der Waals surface area (Å²) in [5.74, 6) is 0.783. The summed E-state index contributed by atoms with van der Waals surface area (Å²) in [6.07, 6.45) is 0.467. The Balaban J connectivity index is 2.74. The SMILES string of the molecule is CCCNC(C)c1ccc(Br)cc1OCC(O)COC. The Bertz CT molecular complexity index is 401. The van der Waals surface area contributed by atoms with E-state index in [2.05, 4.69) is 35.1 Å². The monoisotopic (exact) mass is 345 g/mol. The number of benzene rings is 1. The molecule has 0 radical (unpaired) electrons. The van der Waals surface area contributed by atoms with Crippen molar-refractivity contribution in [3.8, 4) is 5.75 Å². The zero-order valence-corrected chi connectivity index (χ0v) is 13.9. The van der Waals surface area contributed by atoms with E-state index in [9.17, 15) is 5.11 Å². The normalized spacial score (nSPS) is 14.1. The van der Waals surface area contributed by atoms with Gasteiger partial charge in [-0.05, 0) is 32.0 Å². The molecule has 0 aliphatic carbocycles. The van der Waals surface area contributed by atoms with Crippen molar-refractivity contribution in [3.63, 3.8) is 0 Å². The van der Waals surface area contributed by atoms with E-state index in [0.717, 1.165) is 28.8 Å². The molecule has 0 aliphatic heterocycles. The molecule has 0 aromatic heterocycles. The molecule has 114 valence electrons. The first kappa shape index (κ1) is 17.4. The fourth-order valence-electron chi connectivity index (χ4n) is 1.89. The average Bonchev–Trinajstić information content (AvgIpc) is 2.43. The highest BCUT2D eigenvalue weighted by Crippen LogP contribution is 2.28. The van der Waals surface area contributed by atoms with Crippen molar-refractivity contribution in [3.05, 3.63) is 28.2 Å². The fraction of sp³-hybridized carbons (Fsp3) is 0.600. The number of aliphatic hydroxyl groups is 1. The van der Waals surface area contributed by atoms with E-state index in [1.54, 1.807) is 7.11 Å². The predicted octanol–water partition coefficient (Wildman–Crippen LogP) is 2.90. The van der Waals surface area contributed by atoms with Crippen molar-refractivity contribution in [2.45, 2.75) is 32.4 Å². The predicted molar refractivity (Wildman–Crippen MR) is 84.2 cm³/mol. The third-order valence-electron chi connectivity index (χ3n) is 2.93. The van der Waals surface area contributed by atoms with Crippen molar-refractivity contribution in [2.75, 3.05) is 26.9 Å². The van der Waals surface area contributed by atoms with E-state index < -0.39 is 6.10 Å². The highest BCUT2D eigenvalue weighted by molar-refractivity contribution is 9.10. The summed E-state index contributed by atoms with van der Waals surface area (Å²) >= 11 is 3.45. The average molecular weight is 346 g/mol. The number of halogens is 1. The molecule has 2 unspecified atom stereocenters. The Morgan fingerprint density at radius 2 is 2.10 bits per heavy atom. The molecule has 1 rings (SSSR count). The van der Waals surface area contributed by atoms with Gasteiger partial charge in [0.05, 0.1) is 6.61 Å². The van der Waals surface area contributed by atoms with E-state index >= 15 is 0 Å². The highest BCUT2D eigenvalue weighted by atomic mass is 79.9. The van der Waals surface area contributed by atoms with Gasteiger partial charge < -0.3 is 19.9 Å². The van der Waals surface area contributed by atoms with Gasteiger partial charge in [-0.2, -0.15) is 0 Å². The summed E-state index contributed by atoms with van der Waals surface area (Å²) in [4.78, 5) is 0. The van der Waals surface area contributed by atoms with Crippen LogP contribution in [0.2, 0.25) is 0 Å². The maximum Gasteiger partial charge on any atom is 0.125 e. The molecule has 0 heterocycles. The number of rotatable bonds is 9. The lowest BCUT2D eigenvalue weighted by atomic mass is 10.1. The van der Waals surface area contributed by atoms with Crippen LogP contribution in [0, 0.1) is 0 Å². The largest absolute Gasteiger partial charge is 0.490 e. The Kier molecular flexibility index (Phi) is 8.14. The zero-order valence-electron chi connectivity index (χ0n) is 12.4. The summed E-state index contributed by atoms with van der Waals surface area (Å²) in [7, 11) is 1.56. The van der Waals surface area contributed by atoms with Crippen molar-refractivity contribution < 1.29 is 14.6 Å². The zero-order chi connectivity index (χ0) is 15.0. The van der Waals surface area contributed by atoms with Crippen LogP contribution in [0.1, 0.15) is 31.9 Å². The maximum absolute atomic E-state index is 9.67. The number of hydrogen-bond acceptors (Lipinski definition) is 4. The third-order valence-corrected chi connectivity index (χ3v) is 3.43. The van der Waals surface area contributed by atoms with Crippen LogP contribution in [0.5, 0.6) is 5.75 Å². The lowest BCUT2D eigenvalue weighted by molar-refractivity contribution is 0.0322. The lowest BCUT2D eigenvalue weighted by Gasteiger charge is -2.19. The first-order chi connectivity index (χ1) is 9.58. The second kappa shape index (κ2) is 9.34. The van der Waals surface area contributed by atoms with Crippen molar-refractivity contribution >= 4 is 15.9 Å². The van der Waals surface area contributed by atoms with Crippen LogP contribution < -0.4 is 10.1 Å². The first-order valence-corrected chi connectivity index (χ1v) is 7.70. The minimum atomic E-state index is -0.620. The molecule has 0 saturated carbocycles. The van der Waals surface area contributed by atoms with Crippen LogP contribution >= 0.6 is 15.9 Å². The van der Waals surface area contributed by atoms with E-state index in [4.69, 9.17) is 9.47 Å². The molecule has 20 heavy (non-hydrogen) atoms. The molecule has 2 N–H and O–H groups in total. The summed E-state index contributed by atoms with van der Waals surface area (Å²) in [6, 6.07) is 6.17. The van der Waals surface area contributed by atoms with Gasteiger partial charge in [-0.25, -0.2) is 0 Å². The lowest BCUT2D eigenvalue weighted by Crippen LogP contribution is -2.24. The van der Waals surface area contributed by atoms with E-state index in [1.807, 2.05) is 18.2 Å². The van der Waals surface area contributed by atoms with Crippen LogP contribution in [0.25, 0.3) is 0 Å². The highest BCUT2D eigenvalue weighted by Gasteiger charge is 2.13. The number of ether oxygens (including phenoxy) is 2. The molecule has 4 nitrogen and oxygen atoms in total. The standard InChI is InChI=1S/C15H24BrNO3/c1-4-7-17-11(2)14-6-5-12(16)8-15(14)20-10-13(18)9-19-3/h5-6,8,11,13,17-18H,4,7,9-10H2,1-3H3. The van der Waals surface area contributed by atoms with Gasteiger partial charge in [0.15, 0.2) is 0 Å². The summed E-state index contributed by atoms with van der Waals surface area (Å²) in [6.45, 7) is 5.70. The molecule has 0 aliphatic rings. The third kappa shape index (κ3) is 5.79. The molecule has 2 atom stereocenters. The fourth-order valence-corrected chi connectivity index (χ4v) is 2.23. The molecule has 1 aromatic carbocycles. The minimum Gasteiger partial charge on any atom is -0.490 e. The van der Waals surface area contributed by atoms with E-state index in [1.165, 1.54) is 0 Å². The van der Waals surface area contributed by atoms with Gasteiger partial charge in [0.1, 0.15) is 18.5 Å². The summed E-state index contributed by atoms with van der Waals surface area (Å²) in [5.41, 5.74) is 1.09. The molecule has 0 bridgehead atoms. The van der Waals surface area contributed by atoms with Crippen LogP contribution in [-0.4, -0.2) is 38.1 Å². The Morgan fingerprint density at radius 3 is 2.75 bits per heavy atom. The van der Waals surface area contributed by atoms with Crippen LogP contribution in [0.15, 0.2) is 22.7 Å². The summed E-state index contributed by atoms with van der Waals surface area (Å²) in [5, 5.41) is 13.1. The van der Waals surface area contributed by atoms with Crippen molar-refractivity contribution in [1.82, 2.24) is 5.32 Å². The summed E-state index contributed by atoms with van der Waals surface area (Å²) < 4.78 is 11.6. The second-order valence-corrected chi connectivity index (χ2v) is 5.69. The topological polar surface area (TPSA) is 50.7 Å². The molecular formula is C15H24BrNO3. The number of nitrogens with one attached hydrogen (secondary N) is 1. The van der Waals surface area contributed by atoms with E-state index in [-0.39, 0.29) is 19.3 Å². The molecule has 1 aromatic rings. The van der Waals surface area contributed by atoms with Gasteiger partial charge in [0.2, 0.25) is 0 Å². The Morgan fingerprint density at radius 1 is 1.35 bits per heavy atom. The van der Waals surface area contributed by atoms with Gasteiger partial charge in [0, 0.05) is 23.2 Å². The van der Waals surface area contributed by atoms with Gasteiger partial charge in [-0.3, -0.25) is 0 Å². The Hall–Kier alpha value is -0.620. The van der Waals surface area contributed by atoms with Gasteiger partial charge in [0.25, 0.3) is 0 Å². The van der Waals surface area contributed by atoms with Crippen molar-refractivity contribution in [1.29, 1.82) is 0 Å². The maximum atomic E-state index is 9.67. The molecule has 0 saturated heterocycles. The number of aliphatic hydroxyl groups excluding tert-OH is 1. The minimum absolute atomic E-state index is 0.206. The van der Waals surface area contributed by atoms with Crippen LogP contribution in [-0.2, 0) is 4.74 Å².